The number of methoxy groups -OCH3 is 1. The van der Waals surface area contributed by atoms with Crippen molar-refractivity contribution in [2.75, 3.05) is 19.0 Å². The summed E-state index contributed by atoms with van der Waals surface area (Å²) < 4.78 is 5.28. The normalized spacial score (nSPS) is 10.4. The second kappa shape index (κ2) is 8.77. The Kier molecular flexibility index (Phi) is 6.71. The Bertz CT molecular complexity index is 677. The molecule has 6 heteroatoms. The summed E-state index contributed by atoms with van der Waals surface area (Å²) in [5.41, 5.74) is 1.61. The van der Waals surface area contributed by atoms with Gasteiger partial charge in [-0.1, -0.05) is 41.4 Å². The van der Waals surface area contributed by atoms with Crippen LogP contribution in [0, 0.1) is 0 Å². The lowest BCUT2D eigenvalue weighted by atomic mass is 10.2. The van der Waals surface area contributed by atoms with Gasteiger partial charge in [0.1, 0.15) is 5.75 Å². The lowest BCUT2D eigenvalue weighted by molar-refractivity contribution is -0.116. The van der Waals surface area contributed by atoms with Gasteiger partial charge >= 0.3 is 0 Å². The first kappa shape index (κ1) is 17.6. The van der Waals surface area contributed by atoms with Crippen LogP contribution in [0.15, 0.2) is 42.5 Å². The summed E-state index contributed by atoms with van der Waals surface area (Å²) in [5, 5.41) is 6.94. The van der Waals surface area contributed by atoms with Gasteiger partial charge in [-0.3, -0.25) is 4.79 Å². The minimum atomic E-state index is -0.109. The highest BCUT2D eigenvalue weighted by Crippen LogP contribution is 2.25. The molecule has 0 unspecified atom stereocenters. The number of carbonyl (C=O) groups is 1. The lowest BCUT2D eigenvalue weighted by Crippen LogP contribution is -2.21. The predicted octanol–water partition coefficient (Wildman–Crippen LogP) is 4.12. The summed E-state index contributed by atoms with van der Waals surface area (Å²) >= 11 is 11.8. The first-order chi connectivity index (χ1) is 11.1. The number of hydrogen-bond donors (Lipinski definition) is 2. The number of nitrogens with one attached hydrogen (secondary N) is 2. The number of amides is 1. The van der Waals surface area contributed by atoms with Gasteiger partial charge in [0.15, 0.2) is 0 Å². The number of anilines is 1. The Hall–Kier alpha value is -1.75. The van der Waals surface area contributed by atoms with Crippen molar-refractivity contribution in [1.82, 2.24) is 5.32 Å². The van der Waals surface area contributed by atoms with Crippen molar-refractivity contribution in [3.05, 3.63) is 58.1 Å². The second-order valence-electron chi connectivity index (χ2n) is 4.91. The number of para-hydroxylation sites is 1. The molecule has 0 aromatic heterocycles. The highest BCUT2D eigenvalue weighted by atomic mass is 35.5. The third-order valence-electron chi connectivity index (χ3n) is 3.24. The fourth-order valence-electron chi connectivity index (χ4n) is 2.08. The van der Waals surface area contributed by atoms with Gasteiger partial charge in [-0.15, -0.1) is 0 Å². The van der Waals surface area contributed by atoms with E-state index in [0.29, 0.717) is 35.2 Å². The molecule has 122 valence electrons. The van der Waals surface area contributed by atoms with Crippen LogP contribution in [-0.2, 0) is 11.3 Å². The fourth-order valence-corrected chi connectivity index (χ4v) is 2.53. The van der Waals surface area contributed by atoms with E-state index in [4.69, 9.17) is 27.9 Å². The molecule has 1 amide bonds. The van der Waals surface area contributed by atoms with Crippen LogP contribution >= 0.6 is 23.2 Å². The number of rotatable bonds is 7. The SMILES string of the molecule is COc1ccccc1CNCCC(=O)Nc1ccc(Cl)cc1Cl. The molecule has 4 nitrogen and oxygen atoms in total. The van der Waals surface area contributed by atoms with Gasteiger partial charge in [0.2, 0.25) is 5.91 Å². The summed E-state index contributed by atoms with van der Waals surface area (Å²) in [4.78, 5) is 11.9. The number of benzene rings is 2. The van der Waals surface area contributed by atoms with Gasteiger partial charge in [0, 0.05) is 30.1 Å². The van der Waals surface area contributed by atoms with Gasteiger partial charge in [-0.2, -0.15) is 0 Å². The van der Waals surface area contributed by atoms with Crippen molar-refractivity contribution in [2.45, 2.75) is 13.0 Å². The Balaban J connectivity index is 1.76. The molecule has 0 spiro atoms. The highest BCUT2D eigenvalue weighted by Gasteiger charge is 2.07. The lowest BCUT2D eigenvalue weighted by Gasteiger charge is -2.10. The van der Waals surface area contributed by atoms with E-state index in [1.807, 2.05) is 24.3 Å². The molecular formula is C17H18Cl2N2O2. The van der Waals surface area contributed by atoms with Crippen LogP contribution in [0.5, 0.6) is 5.75 Å². The standard InChI is InChI=1S/C17H18Cl2N2O2/c1-23-16-5-3-2-4-12(16)11-20-9-8-17(22)21-15-7-6-13(18)10-14(15)19/h2-7,10,20H,8-9,11H2,1H3,(H,21,22). The molecule has 0 atom stereocenters. The number of halogens is 2. The molecule has 0 aliphatic carbocycles. The van der Waals surface area contributed by atoms with Crippen molar-refractivity contribution in [2.24, 2.45) is 0 Å². The topological polar surface area (TPSA) is 50.4 Å². The molecule has 0 bridgehead atoms. The summed E-state index contributed by atoms with van der Waals surface area (Å²) in [6, 6.07) is 12.7. The van der Waals surface area contributed by atoms with Crippen molar-refractivity contribution in [1.29, 1.82) is 0 Å². The molecule has 0 aliphatic rings. The van der Waals surface area contributed by atoms with Crippen LogP contribution in [0.4, 0.5) is 5.69 Å². The minimum absolute atomic E-state index is 0.109. The van der Waals surface area contributed by atoms with Crippen molar-refractivity contribution in [3.8, 4) is 5.75 Å². The zero-order valence-electron chi connectivity index (χ0n) is 12.7. The third kappa shape index (κ3) is 5.43. The number of hydrogen-bond acceptors (Lipinski definition) is 3. The molecule has 2 aromatic carbocycles. The van der Waals surface area contributed by atoms with E-state index < -0.39 is 0 Å². The Morgan fingerprint density at radius 3 is 2.70 bits per heavy atom. The zero-order chi connectivity index (χ0) is 16.7. The summed E-state index contributed by atoms with van der Waals surface area (Å²) in [6.45, 7) is 1.19. The van der Waals surface area contributed by atoms with Gasteiger partial charge < -0.3 is 15.4 Å². The number of carbonyl (C=O) groups excluding carboxylic acids is 1. The molecule has 2 rings (SSSR count). The smallest absolute Gasteiger partial charge is 0.225 e. The quantitative estimate of drug-likeness (QED) is 0.737. The molecule has 0 radical (unpaired) electrons. The first-order valence-electron chi connectivity index (χ1n) is 7.17. The molecule has 0 fully saturated rings. The van der Waals surface area contributed by atoms with E-state index in [1.165, 1.54) is 0 Å². The predicted molar refractivity (Wildman–Crippen MR) is 94.4 cm³/mol. The van der Waals surface area contributed by atoms with E-state index in [1.54, 1.807) is 25.3 Å². The van der Waals surface area contributed by atoms with Crippen LogP contribution in [0.1, 0.15) is 12.0 Å². The molecule has 0 saturated heterocycles. The average molecular weight is 353 g/mol. The monoisotopic (exact) mass is 352 g/mol. The summed E-state index contributed by atoms with van der Waals surface area (Å²) in [5.74, 6) is 0.721. The number of ether oxygens (including phenoxy) is 1. The molecule has 2 aromatic rings. The van der Waals surface area contributed by atoms with Crippen LogP contribution in [0.25, 0.3) is 0 Å². The molecule has 2 N–H and O–H groups in total. The maximum absolute atomic E-state index is 11.9. The van der Waals surface area contributed by atoms with E-state index in [9.17, 15) is 4.79 Å². The van der Waals surface area contributed by atoms with Crippen molar-refractivity contribution < 1.29 is 9.53 Å². The van der Waals surface area contributed by atoms with Gasteiger partial charge in [0.05, 0.1) is 17.8 Å². The largest absolute Gasteiger partial charge is 0.496 e. The van der Waals surface area contributed by atoms with Crippen LogP contribution in [0.2, 0.25) is 10.0 Å². The summed E-state index contributed by atoms with van der Waals surface area (Å²) in [7, 11) is 1.64. The van der Waals surface area contributed by atoms with E-state index in [0.717, 1.165) is 11.3 Å². The van der Waals surface area contributed by atoms with Crippen molar-refractivity contribution in [3.63, 3.8) is 0 Å². The fraction of sp³-hybridized carbons (Fsp3) is 0.235. The summed E-state index contributed by atoms with van der Waals surface area (Å²) in [6.07, 6.45) is 0.341. The minimum Gasteiger partial charge on any atom is -0.496 e. The van der Waals surface area contributed by atoms with Gasteiger partial charge in [-0.05, 0) is 24.3 Å². The maximum atomic E-state index is 11.9. The Labute approximate surface area is 145 Å². The highest BCUT2D eigenvalue weighted by molar-refractivity contribution is 6.36. The Morgan fingerprint density at radius 1 is 1.17 bits per heavy atom. The Morgan fingerprint density at radius 2 is 1.96 bits per heavy atom. The molecule has 0 saturated carbocycles. The van der Waals surface area contributed by atoms with E-state index in [-0.39, 0.29) is 5.91 Å². The first-order valence-corrected chi connectivity index (χ1v) is 7.93. The van der Waals surface area contributed by atoms with Gasteiger partial charge in [-0.25, -0.2) is 0 Å². The average Bonchev–Trinajstić information content (AvgIpc) is 2.54. The molecule has 23 heavy (non-hydrogen) atoms. The van der Waals surface area contributed by atoms with Crippen LogP contribution in [0.3, 0.4) is 0 Å². The maximum Gasteiger partial charge on any atom is 0.225 e. The zero-order valence-corrected chi connectivity index (χ0v) is 14.2. The van der Waals surface area contributed by atoms with Crippen LogP contribution < -0.4 is 15.4 Å². The van der Waals surface area contributed by atoms with Gasteiger partial charge in [0.25, 0.3) is 0 Å². The second-order valence-corrected chi connectivity index (χ2v) is 5.75. The molecular weight excluding hydrogens is 335 g/mol. The van der Waals surface area contributed by atoms with E-state index >= 15 is 0 Å². The van der Waals surface area contributed by atoms with Crippen molar-refractivity contribution >= 4 is 34.8 Å². The van der Waals surface area contributed by atoms with Crippen LogP contribution in [-0.4, -0.2) is 19.6 Å². The molecule has 0 aliphatic heterocycles. The molecule has 0 heterocycles. The van der Waals surface area contributed by atoms with E-state index in [2.05, 4.69) is 10.6 Å². The third-order valence-corrected chi connectivity index (χ3v) is 3.79.